The zero-order valence-corrected chi connectivity index (χ0v) is 7.00. The van der Waals surface area contributed by atoms with Crippen molar-refractivity contribution in [3.63, 3.8) is 0 Å². The minimum atomic E-state index is 0.330. The third-order valence-corrected chi connectivity index (χ3v) is 2.72. The minimum absolute atomic E-state index is 0.330. The quantitative estimate of drug-likeness (QED) is 0.644. The van der Waals surface area contributed by atoms with Gasteiger partial charge in [0.1, 0.15) is 0 Å². The van der Waals surface area contributed by atoms with Crippen LogP contribution in [0.1, 0.15) is 32.1 Å². The molecule has 0 amide bonds. The van der Waals surface area contributed by atoms with Gasteiger partial charge in [0.15, 0.2) is 0 Å². The Balaban J connectivity index is 2.12. The van der Waals surface area contributed by atoms with Crippen molar-refractivity contribution in [3.8, 4) is 0 Å². The summed E-state index contributed by atoms with van der Waals surface area (Å²) in [6.07, 6.45) is 5.65. The van der Waals surface area contributed by atoms with E-state index in [9.17, 15) is 0 Å². The van der Waals surface area contributed by atoms with E-state index in [1.165, 1.54) is 19.3 Å². The van der Waals surface area contributed by atoms with Crippen LogP contribution in [0.4, 0.5) is 0 Å². The van der Waals surface area contributed by atoms with E-state index in [1.807, 2.05) is 0 Å². The average molecular weight is 158 g/mol. The molecule has 2 heteroatoms. The average Bonchev–Trinajstić information content (AvgIpc) is 2.38. The molecule has 0 spiro atoms. The standard InChI is InChI=1S/C9H18O2/c10-5-3-8-1-2-9(7-8)4-6-11/h8-11H,1-7H2. The summed E-state index contributed by atoms with van der Waals surface area (Å²) in [5.74, 6) is 1.47. The Hall–Kier alpha value is -0.0800. The first kappa shape index (κ1) is 9.01. The molecule has 0 saturated heterocycles. The second-order valence-corrected chi connectivity index (χ2v) is 3.57. The maximum Gasteiger partial charge on any atom is 0.0433 e. The van der Waals surface area contributed by atoms with Crippen molar-refractivity contribution in [3.05, 3.63) is 0 Å². The predicted octanol–water partition coefficient (Wildman–Crippen LogP) is 1.17. The van der Waals surface area contributed by atoms with E-state index in [2.05, 4.69) is 0 Å². The molecule has 1 aliphatic rings. The Kier molecular flexibility index (Phi) is 3.87. The van der Waals surface area contributed by atoms with Crippen LogP contribution < -0.4 is 0 Å². The van der Waals surface area contributed by atoms with Gasteiger partial charge in [-0.05, 0) is 31.1 Å². The Bertz CT molecular complexity index is 91.7. The van der Waals surface area contributed by atoms with Crippen LogP contribution in [-0.4, -0.2) is 23.4 Å². The molecular weight excluding hydrogens is 140 g/mol. The van der Waals surface area contributed by atoms with Gasteiger partial charge in [-0.25, -0.2) is 0 Å². The molecule has 2 unspecified atom stereocenters. The molecule has 1 fully saturated rings. The molecule has 2 nitrogen and oxygen atoms in total. The fourth-order valence-electron chi connectivity index (χ4n) is 2.07. The molecule has 0 aliphatic heterocycles. The summed E-state index contributed by atoms with van der Waals surface area (Å²) in [6, 6.07) is 0. The molecule has 0 radical (unpaired) electrons. The smallest absolute Gasteiger partial charge is 0.0433 e. The molecule has 11 heavy (non-hydrogen) atoms. The molecule has 1 saturated carbocycles. The third-order valence-electron chi connectivity index (χ3n) is 2.72. The molecule has 1 aliphatic carbocycles. The molecule has 1 rings (SSSR count). The Morgan fingerprint density at radius 1 is 0.909 bits per heavy atom. The number of aliphatic hydroxyl groups excluding tert-OH is 2. The van der Waals surface area contributed by atoms with Crippen molar-refractivity contribution in [2.45, 2.75) is 32.1 Å². The van der Waals surface area contributed by atoms with Crippen molar-refractivity contribution in [1.29, 1.82) is 0 Å². The maximum absolute atomic E-state index is 8.69. The first-order valence-corrected chi connectivity index (χ1v) is 4.58. The molecule has 2 atom stereocenters. The number of hydrogen-bond acceptors (Lipinski definition) is 2. The Morgan fingerprint density at radius 3 is 1.73 bits per heavy atom. The van der Waals surface area contributed by atoms with Gasteiger partial charge in [0.2, 0.25) is 0 Å². The minimum Gasteiger partial charge on any atom is -0.396 e. The van der Waals surface area contributed by atoms with Crippen LogP contribution in [0.15, 0.2) is 0 Å². The monoisotopic (exact) mass is 158 g/mol. The lowest BCUT2D eigenvalue weighted by molar-refractivity contribution is 0.243. The van der Waals surface area contributed by atoms with E-state index in [4.69, 9.17) is 10.2 Å². The van der Waals surface area contributed by atoms with Crippen LogP contribution >= 0.6 is 0 Å². The van der Waals surface area contributed by atoms with Gasteiger partial charge in [0, 0.05) is 13.2 Å². The van der Waals surface area contributed by atoms with Crippen molar-refractivity contribution < 1.29 is 10.2 Å². The van der Waals surface area contributed by atoms with E-state index in [-0.39, 0.29) is 0 Å². The van der Waals surface area contributed by atoms with Gasteiger partial charge in [0.25, 0.3) is 0 Å². The van der Waals surface area contributed by atoms with Crippen molar-refractivity contribution in [1.82, 2.24) is 0 Å². The lowest BCUT2D eigenvalue weighted by atomic mass is 10.0. The third kappa shape index (κ3) is 2.80. The molecule has 2 N–H and O–H groups in total. The van der Waals surface area contributed by atoms with Crippen molar-refractivity contribution in [2.75, 3.05) is 13.2 Å². The van der Waals surface area contributed by atoms with Crippen LogP contribution in [0.2, 0.25) is 0 Å². The van der Waals surface area contributed by atoms with E-state index >= 15 is 0 Å². The summed E-state index contributed by atoms with van der Waals surface area (Å²) in [6.45, 7) is 0.660. The van der Waals surface area contributed by atoms with Crippen LogP contribution in [0.5, 0.6) is 0 Å². The van der Waals surface area contributed by atoms with Crippen molar-refractivity contribution in [2.24, 2.45) is 11.8 Å². The Morgan fingerprint density at radius 2 is 1.36 bits per heavy atom. The molecule has 0 heterocycles. The van der Waals surface area contributed by atoms with Gasteiger partial charge < -0.3 is 10.2 Å². The molecule has 0 aromatic heterocycles. The summed E-state index contributed by atoms with van der Waals surface area (Å²) in [5, 5.41) is 17.4. The first-order valence-electron chi connectivity index (χ1n) is 4.58. The fourth-order valence-corrected chi connectivity index (χ4v) is 2.07. The highest BCUT2D eigenvalue weighted by atomic mass is 16.3. The molecule has 66 valence electrons. The van der Waals surface area contributed by atoms with Gasteiger partial charge in [-0.3, -0.25) is 0 Å². The van der Waals surface area contributed by atoms with E-state index in [0.717, 1.165) is 24.7 Å². The van der Waals surface area contributed by atoms with Crippen LogP contribution in [0, 0.1) is 11.8 Å². The Labute approximate surface area is 68.2 Å². The zero-order valence-electron chi connectivity index (χ0n) is 7.00. The summed E-state index contributed by atoms with van der Waals surface area (Å²) in [5.41, 5.74) is 0. The molecule has 0 bridgehead atoms. The highest BCUT2D eigenvalue weighted by molar-refractivity contribution is 4.74. The lowest BCUT2D eigenvalue weighted by Gasteiger charge is -2.07. The van der Waals surface area contributed by atoms with Gasteiger partial charge >= 0.3 is 0 Å². The summed E-state index contributed by atoms with van der Waals surface area (Å²) >= 11 is 0. The van der Waals surface area contributed by atoms with E-state index in [1.54, 1.807) is 0 Å². The number of hydrogen-bond donors (Lipinski definition) is 2. The van der Waals surface area contributed by atoms with Gasteiger partial charge in [-0.15, -0.1) is 0 Å². The summed E-state index contributed by atoms with van der Waals surface area (Å²) in [4.78, 5) is 0. The summed E-state index contributed by atoms with van der Waals surface area (Å²) < 4.78 is 0. The molecular formula is C9H18O2. The summed E-state index contributed by atoms with van der Waals surface area (Å²) in [7, 11) is 0. The highest BCUT2D eigenvalue weighted by Gasteiger charge is 2.23. The largest absolute Gasteiger partial charge is 0.396 e. The fraction of sp³-hybridized carbons (Fsp3) is 1.00. The van der Waals surface area contributed by atoms with E-state index < -0.39 is 0 Å². The number of aliphatic hydroxyl groups is 2. The SMILES string of the molecule is OCCC1CCC(CCO)C1. The normalized spacial score (nSPS) is 31.1. The van der Waals surface area contributed by atoms with E-state index in [0.29, 0.717) is 13.2 Å². The van der Waals surface area contributed by atoms with Crippen molar-refractivity contribution >= 4 is 0 Å². The lowest BCUT2D eigenvalue weighted by Crippen LogP contribution is -2.00. The maximum atomic E-state index is 8.69. The van der Waals surface area contributed by atoms with Gasteiger partial charge in [-0.2, -0.15) is 0 Å². The van der Waals surface area contributed by atoms with Crippen LogP contribution in [0.25, 0.3) is 0 Å². The number of rotatable bonds is 4. The van der Waals surface area contributed by atoms with Crippen LogP contribution in [0.3, 0.4) is 0 Å². The van der Waals surface area contributed by atoms with Gasteiger partial charge in [0.05, 0.1) is 0 Å². The second kappa shape index (κ2) is 4.73. The van der Waals surface area contributed by atoms with Crippen LogP contribution in [-0.2, 0) is 0 Å². The molecule has 0 aromatic carbocycles. The first-order chi connectivity index (χ1) is 5.36. The topological polar surface area (TPSA) is 40.5 Å². The molecule has 0 aromatic rings. The highest BCUT2D eigenvalue weighted by Crippen LogP contribution is 2.34. The second-order valence-electron chi connectivity index (χ2n) is 3.57. The zero-order chi connectivity index (χ0) is 8.10. The predicted molar refractivity (Wildman–Crippen MR) is 44.2 cm³/mol. The van der Waals surface area contributed by atoms with Gasteiger partial charge in [-0.1, -0.05) is 12.8 Å².